The van der Waals surface area contributed by atoms with E-state index in [4.69, 9.17) is 21.1 Å². The number of methoxy groups -OCH3 is 2. The van der Waals surface area contributed by atoms with E-state index in [-0.39, 0.29) is 35.1 Å². The van der Waals surface area contributed by atoms with Gasteiger partial charge < -0.3 is 19.4 Å². The topological polar surface area (TPSA) is 105 Å². The van der Waals surface area contributed by atoms with Gasteiger partial charge in [-0.2, -0.15) is 18.3 Å². The summed E-state index contributed by atoms with van der Waals surface area (Å²) >= 11 is 6.26. The molecule has 0 saturated carbocycles. The van der Waals surface area contributed by atoms with Gasteiger partial charge in [-0.25, -0.2) is 4.98 Å². The number of rotatable bonds is 9. The summed E-state index contributed by atoms with van der Waals surface area (Å²) in [6.45, 7) is 0.177. The molecule has 1 unspecified atom stereocenters. The zero-order valence-corrected chi connectivity index (χ0v) is 24.0. The lowest BCUT2D eigenvalue weighted by molar-refractivity contribution is -0.140. The van der Waals surface area contributed by atoms with Crippen molar-refractivity contribution in [1.29, 1.82) is 0 Å². The second kappa shape index (κ2) is 11.9. The highest BCUT2D eigenvalue weighted by atomic mass is 35.5. The number of aromatic nitrogens is 5. The van der Waals surface area contributed by atoms with Gasteiger partial charge in [-0.1, -0.05) is 11.6 Å². The second-order valence-electron chi connectivity index (χ2n) is 9.69. The number of benzene rings is 2. The summed E-state index contributed by atoms with van der Waals surface area (Å²) in [7, 11) is 4.66. The van der Waals surface area contributed by atoms with E-state index in [0.717, 1.165) is 23.4 Å². The van der Waals surface area contributed by atoms with Crippen molar-refractivity contribution >= 4 is 34.1 Å². The first kappa shape index (κ1) is 29.9. The van der Waals surface area contributed by atoms with E-state index in [0.29, 0.717) is 11.3 Å². The van der Waals surface area contributed by atoms with Crippen molar-refractivity contribution in [1.82, 2.24) is 23.9 Å². The van der Waals surface area contributed by atoms with Crippen LogP contribution in [0.1, 0.15) is 18.2 Å². The quantitative estimate of drug-likeness (QED) is 0.236. The number of nitrogens with zero attached hydrogens (tertiary/aromatic N) is 5. The van der Waals surface area contributed by atoms with Crippen LogP contribution < -0.4 is 15.6 Å². The number of halogens is 4. The maximum Gasteiger partial charge on any atom is 0.434 e. The number of carbonyl (C=O) groups excluding carboxylic acids is 1. The van der Waals surface area contributed by atoms with E-state index in [1.165, 1.54) is 53.8 Å². The van der Waals surface area contributed by atoms with Gasteiger partial charge in [0.25, 0.3) is 5.56 Å². The minimum atomic E-state index is -4.64. The Hall–Kier alpha value is -4.62. The van der Waals surface area contributed by atoms with Crippen molar-refractivity contribution in [3.63, 3.8) is 0 Å². The molecule has 43 heavy (non-hydrogen) atoms. The molecule has 14 heteroatoms. The molecule has 3 aromatic heterocycles. The van der Waals surface area contributed by atoms with E-state index in [9.17, 15) is 22.8 Å². The lowest BCUT2D eigenvalue weighted by Gasteiger charge is -2.22. The first-order chi connectivity index (χ1) is 20.5. The number of hydrogen-bond donors (Lipinski definition) is 1. The molecule has 1 amide bonds. The van der Waals surface area contributed by atoms with E-state index in [2.05, 4.69) is 15.4 Å². The van der Waals surface area contributed by atoms with Crippen LogP contribution in [0.15, 0.2) is 72.2 Å². The Bertz CT molecular complexity index is 1860. The molecule has 1 N–H and O–H groups in total. The number of pyridine rings is 1. The SMILES string of the molecule is COCCC(C(=O)Nc1ccc2nn(C)cc2c1)n1cc(OC)c(-c2cc(Cl)ccc2-n2cnc(C(F)(F)F)c2)cc1=O. The van der Waals surface area contributed by atoms with Crippen molar-refractivity contribution in [3.8, 4) is 22.6 Å². The number of alkyl halides is 3. The first-order valence-corrected chi connectivity index (χ1v) is 13.3. The van der Waals surface area contributed by atoms with Crippen molar-refractivity contribution in [2.45, 2.75) is 18.6 Å². The molecule has 1 atom stereocenters. The largest absolute Gasteiger partial charge is 0.495 e. The molecule has 0 fully saturated rings. The van der Waals surface area contributed by atoms with Crippen molar-refractivity contribution in [3.05, 3.63) is 88.5 Å². The van der Waals surface area contributed by atoms with Crippen LogP contribution in [0.5, 0.6) is 5.75 Å². The van der Waals surface area contributed by atoms with Crippen molar-refractivity contribution in [2.24, 2.45) is 7.05 Å². The maximum absolute atomic E-state index is 13.6. The van der Waals surface area contributed by atoms with E-state index in [1.807, 2.05) is 6.20 Å². The summed E-state index contributed by atoms with van der Waals surface area (Å²) in [5.41, 5.74) is 0.513. The van der Waals surface area contributed by atoms with Crippen LogP contribution in [-0.2, 0) is 22.8 Å². The average molecular weight is 615 g/mol. The van der Waals surface area contributed by atoms with Crippen LogP contribution in [0.3, 0.4) is 0 Å². The predicted molar refractivity (Wildman–Crippen MR) is 155 cm³/mol. The van der Waals surface area contributed by atoms with Crippen LogP contribution in [0.2, 0.25) is 5.02 Å². The Balaban J connectivity index is 1.55. The average Bonchev–Trinajstić information content (AvgIpc) is 3.60. The van der Waals surface area contributed by atoms with E-state index >= 15 is 0 Å². The number of imidazole rings is 1. The Labute approximate surface area is 248 Å². The van der Waals surface area contributed by atoms with Crippen LogP contribution in [-0.4, -0.2) is 50.6 Å². The van der Waals surface area contributed by atoms with E-state index < -0.39 is 29.4 Å². The van der Waals surface area contributed by atoms with Gasteiger partial charge in [0.1, 0.15) is 11.8 Å². The molecule has 0 aliphatic carbocycles. The number of fused-ring (bicyclic) bond motifs is 1. The first-order valence-electron chi connectivity index (χ1n) is 12.9. The van der Waals surface area contributed by atoms with Gasteiger partial charge in [0, 0.05) is 72.9 Å². The normalized spacial score (nSPS) is 12.4. The van der Waals surface area contributed by atoms with Gasteiger partial charge in [-0.15, -0.1) is 0 Å². The molecule has 0 radical (unpaired) electrons. The Kier molecular flexibility index (Phi) is 8.29. The van der Waals surface area contributed by atoms with Crippen LogP contribution in [0, 0.1) is 0 Å². The molecule has 5 aromatic rings. The molecular formula is C29H26ClF3N6O4. The third-order valence-corrected chi connectivity index (χ3v) is 7.02. The van der Waals surface area contributed by atoms with Gasteiger partial charge in [-0.3, -0.25) is 18.8 Å². The fourth-order valence-electron chi connectivity index (χ4n) is 4.77. The number of nitrogens with one attached hydrogen (secondary N) is 1. The van der Waals surface area contributed by atoms with Crippen LogP contribution in [0.4, 0.5) is 18.9 Å². The molecule has 224 valence electrons. The van der Waals surface area contributed by atoms with Gasteiger partial charge in [-0.05, 0) is 36.4 Å². The number of aryl methyl sites for hydroxylation is 1. The monoisotopic (exact) mass is 614 g/mol. The molecule has 0 saturated heterocycles. The Morgan fingerprint density at radius 2 is 1.86 bits per heavy atom. The lowest BCUT2D eigenvalue weighted by atomic mass is 10.0. The summed E-state index contributed by atoms with van der Waals surface area (Å²) in [5.74, 6) is -0.273. The minimum absolute atomic E-state index is 0.164. The third-order valence-electron chi connectivity index (χ3n) is 6.78. The summed E-state index contributed by atoms with van der Waals surface area (Å²) in [6.07, 6.45) is 0.599. The highest BCUT2D eigenvalue weighted by Gasteiger charge is 2.34. The number of anilines is 1. The maximum atomic E-state index is 13.6. The molecule has 2 aromatic carbocycles. The van der Waals surface area contributed by atoms with Crippen LogP contribution in [0.25, 0.3) is 27.7 Å². The van der Waals surface area contributed by atoms with Crippen LogP contribution >= 0.6 is 11.6 Å². The summed E-state index contributed by atoms with van der Waals surface area (Å²) in [5, 5.41) is 8.30. The number of amides is 1. The fourth-order valence-corrected chi connectivity index (χ4v) is 4.95. The Morgan fingerprint density at radius 3 is 2.56 bits per heavy atom. The molecule has 0 bridgehead atoms. The van der Waals surface area contributed by atoms with Crippen molar-refractivity contribution in [2.75, 3.05) is 26.1 Å². The molecule has 0 spiro atoms. The molecule has 10 nitrogen and oxygen atoms in total. The van der Waals surface area contributed by atoms with Gasteiger partial charge in [0.05, 0.1) is 30.8 Å². The summed E-state index contributed by atoms with van der Waals surface area (Å²) < 4.78 is 54.7. The molecule has 0 aliphatic rings. The molecule has 5 rings (SSSR count). The summed E-state index contributed by atoms with van der Waals surface area (Å²) in [6, 6.07) is 10.1. The van der Waals surface area contributed by atoms with Crippen molar-refractivity contribution < 1.29 is 27.4 Å². The van der Waals surface area contributed by atoms with Gasteiger partial charge in [0.2, 0.25) is 5.91 Å². The zero-order valence-electron chi connectivity index (χ0n) is 23.2. The summed E-state index contributed by atoms with van der Waals surface area (Å²) in [4.78, 5) is 30.6. The Morgan fingerprint density at radius 1 is 1.07 bits per heavy atom. The number of ether oxygens (including phenoxy) is 2. The zero-order chi connectivity index (χ0) is 30.9. The third kappa shape index (κ3) is 6.27. The predicted octanol–water partition coefficient (Wildman–Crippen LogP) is 5.48. The standard InChI is InChI=1S/C29H26ClF3N6O4/c1-37-13-17-10-19(5-6-22(17)36-37)35-28(41)24(8-9-42-2)39-14-25(43-3)21(12-27(39)40)20-11-18(30)4-7-23(20)38-15-26(34-16-38)29(31,32)33/h4-7,10-16,24H,8-9H2,1-3H3,(H,35,41). The fraction of sp³-hybridized carbons (Fsp3) is 0.241. The smallest absolute Gasteiger partial charge is 0.434 e. The lowest BCUT2D eigenvalue weighted by Crippen LogP contribution is -2.34. The molecule has 0 aliphatic heterocycles. The number of hydrogen-bond acceptors (Lipinski definition) is 6. The molecule has 3 heterocycles. The number of carbonyl (C=O) groups is 1. The van der Waals surface area contributed by atoms with E-state index in [1.54, 1.807) is 29.9 Å². The van der Waals surface area contributed by atoms with Gasteiger partial charge >= 0.3 is 6.18 Å². The second-order valence-corrected chi connectivity index (χ2v) is 10.1. The van der Waals surface area contributed by atoms with Gasteiger partial charge in [0.15, 0.2) is 5.69 Å². The highest BCUT2D eigenvalue weighted by molar-refractivity contribution is 6.31. The minimum Gasteiger partial charge on any atom is -0.495 e. The molecular weight excluding hydrogens is 589 g/mol. The highest BCUT2D eigenvalue weighted by Crippen LogP contribution is 2.37.